The van der Waals surface area contributed by atoms with E-state index in [0.29, 0.717) is 6.42 Å². The van der Waals surface area contributed by atoms with Crippen molar-refractivity contribution >= 4 is 23.4 Å². The summed E-state index contributed by atoms with van der Waals surface area (Å²) in [7, 11) is 3.05. The summed E-state index contributed by atoms with van der Waals surface area (Å²) < 4.78 is 1.42. The van der Waals surface area contributed by atoms with Gasteiger partial charge in [0.25, 0.3) is 11.8 Å². The molecule has 8 heteroatoms. The number of aryl methyl sites for hydroxylation is 1. The van der Waals surface area contributed by atoms with Gasteiger partial charge in [-0.25, -0.2) is 0 Å². The summed E-state index contributed by atoms with van der Waals surface area (Å²) in [4.78, 5) is 36.1. The SMILES string of the molecule is CN1C(=O)CCC(NC(=O)c2nn(C)cc2N)C1=O. The van der Waals surface area contributed by atoms with Crippen molar-refractivity contribution in [3.63, 3.8) is 0 Å². The lowest BCUT2D eigenvalue weighted by Crippen LogP contribution is -2.53. The molecule has 2 rings (SSSR count). The zero-order valence-corrected chi connectivity index (χ0v) is 10.7. The van der Waals surface area contributed by atoms with Gasteiger partial charge in [0.05, 0.1) is 5.69 Å². The molecule has 1 unspecified atom stereocenters. The minimum atomic E-state index is -0.711. The van der Waals surface area contributed by atoms with E-state index in [1.54, 1.807) is 7.05 Å². The van der Waals surface area contributed by atoms with Crippen LogP contribution in [0.2, 0.25) is 0 Å². The Kier molecular flexibility index (Phi) is 3.24. The standard InChI is InChI=1S/C11H15N5O3/c1-15-5-6(12)9(14-15)10(18)13-7-3-4-8(17)16(2)11(7)19/h5,7H,3-4,12H2,1-2H3,(H,13,18). The first kappa shape index (κ1) is 13.1. The minimum Gasteiger partial charge on any atom is -0.396 e. The molecular formula is C11H15N5O3. The zero-order chi connectivity index (χ0) is 14.2. The van der Waals surface area contributed by atoms with E-state index >= 15 is 0 Å². The molecule has 8 nitrogen and oxygen atoms in total. The van der Waals surface area contributed by atoms with Crippen LogP contribution in [0.5, 0.6) is 0 Å². The minimum absolute atomic E-state index is 0.0786. The van der Waals surface area contributed by atoms with Crippen LogP contribution in [0.3, 0.4) is 0 Å². The number of aromatic nitrogens is 2. The lowest BCUT2D eigenvalue weighted by atomic mass is 10.0. The lowest BCUT2D eigenvalue weighted by molar-refractivity contribution is -0.147. The van der Waals surface area contributed by atoms with Crippen LogP contribution >= 0.6 is 0 Å². The van der Waals surface area contributed by atoms with Crippen LogP contribution in [0.4, 0.5) is 5.69 Å². The van der Waals surface area contributed by atoms with E-state index in [1.807, 2.05) is 0 Å². The average molecular weight is 265 g/mol. The van der Waals surface area contributed by atoms with Crippen molar-refractivity contribution in [2.45, 2.75) is 18.9 Å². The first-order chi connectivity index (χ1) is 8.90. The third-order valence-corrected chi connectivity index (χ3v) is 3.03. The molecule has 3 amide bonds. The second-order valence-electron chi connectivity index (χ2n) is 4.46. The maximum absolute atomic E-state index is 12.0. The fourth-order valence-electron chi connectivity index (χ4n) is 1.96. The highest BCUT2D eigenvalue weighted by Crippen LogP contribution is 2.13. The summed E-state index contributed by atoms with van der Waals surface area (Å²) in [6.07, 6.45) is 2.03. The summed E-state index contributed by atoms with van der Waals surface area (Å²) in [5.41, 5.74) is 5.96. The molecule has 102 valence electrons. The molecule has 1 fully saturated rings. The average Bonchev–Trinajstić information content (AvgIpc) is 2.69. The van der Waals surface area contributed by atoms with E-state index in [4.69, 9.17) is 5.73 Å². The number of hydrogen-bond donors (Lipinski definition) is 2. The number of piperidine rings is 1. The number of amides is 3. The van der Waals surface area contributed by atoms with Gasteiger partial charge in [0, 0.05) is 26.7 Å². The molecule has 1 aromatic rings. The Balaban J connectivity index is 2.09. The Morgan fingerprint density at radius 3 is 2.74 bits per heavy atom. The van der Waals surface area contributed by atoms with Crippen molar-refractivity contribution in [3.8, 4) is 0 Å². The van der Waals surface area contributed by atoms with Gasteiger partial charge in [0.1, 0.15) is 6.04 Å². The number of carbonyl (C=O) groups excluding carboxylic acids is 3. The van der Waals surface area contributed by atoms with Crippen molar-refractivity contribution in [2.75, 3.05) is 12.8 Å². The van der Waals surface area contributed by atoms with Crippen molar-refractivity contribution < 1.29 is 14.4 Å². The van der Waals surface area contributed by atoms with E-state index in [2.05, 4.69) is 10.4 Å². The van der Waals surface area contributed by atoms with Crippen LogP contribution < -0.4 is 11.1 Å². The van der Waals surface area contributed by atoms with Gasteiger partial charge in [-0.2, -0.15) is 5.10 Å². The lowest BCUT2D eigenvalue weighted by Gasteiger charge is -2.27. The van der Waals surface area contributed by atoms with Crippen molar-refractivity contribution in [2.24, 2.45) is 7.05 Å². The fourth-order valence-corrected chi connectivity index (χ4v) is 1.96. The number of carbonyl (C=O) groups is 3. The highest BCUT2D eigenvalue weighted by atomic mass is 16.2. The second kappa shape index (κ2) is 4.71. The van der Waals surface area contributed by atoms with Crippen LogP contribution in [0, 0.1) is 0 Å². The van der Waals surface area contributed by atoms with E-state index < -0.39 is 17.9 Å². The van der Waals surface area contributed by atoms with E-state index in [0.717, 1.165) is 4.90 Å². The maximum Gasteiger partial charge on any atom is 0.274 e. The number of rotatable bonds is 2. The Morgan fingerprint density at radius 2 is 2.16 bits per heavy atom. The molecule has 0 radical (unpaired) electrons. The summed E-state index contributed by atoms with van der Waals surface area (Å²) in [5, 5.41) is 6.47. The van der Waals surface area contributed by atoms with Gasteiger partial charge in [-0.15, -0.1) is 0 Å². The van der Waals surface area contributed by atoms with Gasteiger partial charge in [-0.1, -0.05) is 0 Å². The largest absolute Gasteiger partial charge is 0.396 e. The van der Waals surface area contributed by atoms with Crippen molar-refractivity contribution in [1.29, 1.82) is 0 Å². The molecule has 19 heavy (non-hydrogen) atoms. The van der Waals surface area contributed by atoms with Crippen LogP contribution in [0.25, 0.3) is 0 Å². The summed E-state index contributed by atoms with van der Waals surface area (Å²) >= 11 is 0. The van der Waals surface area contributed by atoms with Gasteiger partial charge >= 0.3 is 0 Å². The topological polar surface area (TPSA) is 110 Å². The van der Waals surface area contributed by atoms with Gasteiger partial charge in [-0.05, 0) is 6.42 Å². The Labute approximate surface area is 109 Å². The molecule has 0 bridgehead atoms. The highest BCUT2D eigenvalue weighted by molar-refractivity contribution is 6.04. The van der Waals surface area contributed by atoms with Crippen LogP contribution in [-0.4, -0.2) is 45.5 Å². The normalized spacial score (nSPS) is 19.7. The summed E-state index contributed by atoms with van der Waals surface area (Å²) in [6, 6.07) is -0.711. The summed E-state index contributed by atoms with van der Waals surface area (Å²) in [6.45, 7) is 0. The smallest absolute Gasteiger partial charge is 0.274 e. The molecule has 1 saturated heterocycles. The molecule has 3 N–H and O–H groups in total. The third kappa shape index (κ3) is 2.42. The Hall–Kier alpha value is -2.38. The number of nitrogens with one attached hydrogen (secondary N) is 1. The van der Waals surface area contributed by atoms with Gasteiger partial charge in [0.2, 0.25) is 5.91 Å². The predicted octanol–water partition coefficient (Wildman–Crippen LogP) is -1.12. The van der Waals surface area contributed by atoms with Crippen molar-refractivity contribution in [1.82, 2.24) is 20.0 Å². The first-order valence-corrected chi connectivity index (χ1v) is 5.80. The van der Waals surface area contributed by atoms with Gasteiger partial charge < -0.3 is 11.1 Å². The van der Waals surface area contributed by atoms with Crippen molar-refractivity contribution in [3.05, 3.63) is 11.9 Å². The third-order valence-electron chi connectivity index (χ3n) is 3.03. The van der Waals surface area contributed by atoms with Crippen LogP contribution in [0.15, 0.2) is 6.20 Å². The first-order valence-electron chi connectivity index (χ1n) is 5.80. The van der Waals surface area contributed by atoms with Crippen LogP contribution in [0.1, 0.15) is 23.3 Å². The Morgan fingerprint density at radius 1 is 1.47 bits per heavy atom. The monoisotopic (exact) mass is 265 g/mol. The van der Waals surface area contributed by atoms with Crippen LogP contribution in [-0.2, 0) is 16.6 Å². The molecule has 0 aliphatic carbocycles. The number of likely N-dealkylation sites (tertiary alicyclic amines) is 1. The number of hydrogen-bond acceptors (Lipinski definition) is 5. The number of nitrogens with zero attached hydrogens (tertiary/aromatic N) is 3. The predicted molar refractivity (Wildman–Crippen MR) is 65.9 cm³/mol. The number of nitrogen functional groups attached to an aromatic ring is 1. The van der Waals surface area contributed by atoms with Gasteiger partial charge in [0.15, 0.2) is 5.69 Å². The zero-order valence-electron chi connectivity index (χ0n) is 10.7. The fraction of sp³-hybridized carbons (Fsp3) is 0.455. The van der Waals surface area contributed by atoms with E-state index in [-0.39, 0.29) is 23.7 Å². The molecule has 2 heterocycles. The molecule has 1 aromatic heterocycles. The van der Waals surface area contributed by atoms with E-state index in [9.17, 15) is 14.4 Å². The molecule has 1 aliphatic rings. The molecule has 0 aromatic carbocycles. The molecular weight excluding hydrogens is 250 g/mol. The van der Waals surface area contributed by atoms with Gasteiger partial charge in [-0.3, -0.25) is 24.0 Å². The maximum atomic E-state index is 12.0. The molecule has 1 atom stereocenters. The Bertz CT molecular complexity index is 551. The number of imide groups is 1. The number of nitrogens with two attached hydrogens (primary N) is 1. The summed E-state index contributed by atoms with van der Waals surface area (Å²) in [5.74, 6) is -1.17. The quantitative estimate of drug-likeness (QED) is 0.658. The van der Waals surface area contributed by atoms with E-state index in [1.165, 1.54) is 17.9 Å². The number of likely N-dealkylation sites (N-methyl/N-ethyl adjacent to an activating group) is 1. The molecule has 0 spiro atoms. The highest BCUT2D eigenvalue weighted by Gasteiger charge is 2.33. The molecule has 0 saturated carbocycles. The molecule has 1 aliphatic heterocycles. The second-order valence-corrected chi connectivity index (χ2v) is 4.46. The number of anilines is 1.